The summed E-state index contributed by atoms with van der Waals surface area (Å²) in [6.07, 6.45) is 1.47. The third-order valence-electron chi connectivity index (χ3n) is 4.60. The Hall–Kier alpha value is -2.82. The average molecular weight is 401 g/mol. The first-order valence-corrected chi connectivity index (χ1v) is 8.97. The Morgan fingerprint density at radius 2 is 2.18 bits per heavy atom. The number of carbonyl (C=O) groups excluding carboxylic acids is 1. The van der Waals surface area contributed by atoms with Crippen LogP contribution in [0.1, 0.15) is 31.9 Å². The van der Waals surface area contributed by atoms with Crippen molar-refractivity contribution in [1.29, 1.82) is 0 Å². The minimum absolute atomic E-state index is 0.135. The zero-order chi connectivity index (χ0) is 20.7. The van der Waals surface area contributed by atoms with E-state index in [4.69, 9.17) is 17.3 Å². The van der Waals surface area contributed by atoms with Crippen LogP contribution in [-0.2, 0) is 14.9 Å². The second-order valence-electron chi connectivity index (χ2n) is 7.42. The molecular weight excluding hydrogens is 380 g/mol. The lowest BCUT2D eigenvalue weighted by molar-refractivity contribution is -0.154. The lowest BCUT2D eigenvalue weighted by Gasteiger charge is -2.22. The number of nitrogens with two attached hydrogens (primary N) is 1. The molecule has 0 aliphatic carbocycles. The molecule has 0 fully saturated rings. The predicted octanol–water partition coefficient (Wildman–Crippen LogP) is 2.42. The maximum absolute atomic E-state index is 11.6. The fraction of sp³-hybridized carbons (Fsp3) is 0.350. The highest BCUT2D eigenvalue weighted by Gasteiger charge is 2.37. The molecule has 1 aromatic carbocycles. The molecule has 1 aliphatic heterocycles. The number of aromatic nitrogens is 2. The van der Waals surface area contributed by atoms with E-state index in [0.29, 0.717) is 22.9 Å². The summed E-state index contributed by atoms with van der Waals surface area (Å²) in [5, 5.41) is 10.5. The molecule has 1 unspecified atom stereocenters. The van der Waals surface area contributed by atoms with Crippen LogP contribution in [0.4, 0.5) is 17.5 Å². The fourth-order valence-corrected chi connectivity index (χ4v) is 3.36. The summed E-state index contributed by atoms with van der Waals surface area (Å²) in [5.41, 5.74) is 6.32. The number of fused-ring (bicyclic) bond motifs is 1. The molecule has 0 saturated heterocycles. The van der Waals surface area contributed by atoms with E-state index in [-0.39, 0.29) is 11.4 Å². The highest BCUT2D eigenvalue weighted by atomic mass is 35.5. The van der Waals surface area contributed by atoms with Gasteiger partial charge in [-0.15, -0.1) is 0 Å². The first kappa shape index (κ1) is 19.9. The number of rotatable bonds is 2. The molecule has 7 nitrogen and oxygen atoms in total. The first-order chi connectivity index (χ1) is 13.0. The normalized spacial score (nSPS) is 16.6. The van der Waals surface area contributed by atoms with Crippen LogP contribution in [-0.4, -0.2) is 40.3 Å². The van der Waals surface area contributed by atoms with Crippen molar-refractivity contribution in [2.75, 3.05) is 24.3 Å². The van der Waals surface area contributed by atoms with Crippen LogP contribution in [0.5, 0.6) is 0 Å². The summed E-state index contributed by atoms with van der Waals surface area (Å²) in [4.78, 5) is 21.8. The third-order valence-corrected chi connectivity index (χ3v) is 4.87. The van der Waals surface area contributed by atoms with Gasteiger partial charge in [0.15, 0.2) is 5.82 Å². The topological polar surface area (TPSA) is 102 Å². The number of esters is 1. The molecule has 0 bridgehead atoms. The van der Waals surface area contributed by atoms with Gasteiger partial charge in [0.2, 0.25) is 11.5 Å². The van der Waals surface area contributed by atoms with Crippen LogP contribution in [0.3, 0.4) is 0 Å². The lowest BCUT2D eigenvalue weighted by atomic mass is 9.86. The summed E-state index contributed by atoms with van der Waals surface area (Å²) in [6, 6.07) is 5.70. The largest absolute Gasteiger partial charge is 0.466 e. The summed E-state index contributed by atoms with van der Waals surface area (Å²) in [5.74, 6) is 5.23. The van der Waals surface area contributed by atoms with Crippen LogP contribution in [0, 0.1) is 11.8 Å². The maximum atomic E-state index is 11.6. The zero-order valence-corrected chi connectivity index (χ0v) is 16.8. The number of halogens is 1. The molecule has 8 heteroatoms. The minimum atomic E-state index is -1.89. The molecule has 0 saturated carbocycles. The smallest absolute Gasteiger partial charge is 0.350 e. The number of hydrogen-bond donors (Lipinski definition) is 2. The van der Waals surface area contributed by atoms with Crippen LogP contribution in [0.15, 0.2) is 24.4 Å². The van der Waals surface area contributed by atoms with Crippen LogP contribution < -0.4 is 10.6 Å². The second-order valence-corrected chi connectivity index (χ2v) is 7.82. The number of carbonyl (C=O) groups is 1. The summed E-state index contributed by atoms with van der Waals surface area (Å²) >= 11 is 6.31. The van der Waals surface area contributed by atoms with Crippen LogP contribution >= 0.6 is 11.6 Å². The molecule has 3 rings (SSSR count). The number of hydrogen-bond acceptors (Lipinski definition) is 7. The Morgan fingerprint density at radius 3 is 2.86 bits per heavy atom. The second kappa shape index (κ2) is 6.97. The van der Waals surface area contributed by atoms with Gasteiger partial charge >= 0.3 is 5.97 Å². The van der Waals surface area contributed by atoms with Crippen molar-refractivity contribution in [3.05, 3.63) is 40.5 Å². The predicted molar refractivity (Wildman–Crippen MR) is 107 cm³/mol. The lowest BCUT2D eigenvalue weighted by Crippen LogP contribution is -2.34. The van der Waals surface area contributed by atoms with E-state index in [1.165, 1.54) is 20.2 Å². The van der Waals surface area contributed by atoms with Crippen LogP contribution in [0.25, 0.3) is 0 Å². The fourth-order valence-electron chi connectivity index (χ4n) is 3.16. The third kappa shape index (κ3) is 3.61. The highest BCUT2D eigenvalue weighted by Crippen LogP contribution is 2.45. The van der Waals surface area contributed by atoms with Gasteiger partial charge in [0.1, 0.15) is 5.02 Å². The van der Waals surface area contributed by atoms with Crippen molar-refractivity contribution in [2.24, 2.45) is 0 Å². The molecule has 1 atom stereocenters. The molecule has 0 spiro atoms. The number of nitrogens with zero attached hydrogens (tertiary/aromatic N) is 3. The van der Waals surface area contributed by atoms with E-state index < -0.39 is 11.6 Å². The molecule has 1 aliphatic rings. The highest BCUT2D eigenvalue weighted by molar-refractivity contribution is 6.33. The molecule has 1 aromatic heterocycles. The Bertz CT molecular complexity index is 1010. The monoisotopic (exact) mass is 400 g/mol. The number of anilines is 3. The van der Waals surface area contributed by atoms with Gasteiger partial charge in [0.05, 0.1) is 13.3 Å². The van der Waals surface area contributed by atoms with Gasteiger partial charge in [0, 0.05) is 23.2 Å². The van der Waals surface area contributed by atoms with Crippen molar-refractivity contribution in [3.63, 3.8) is 0 Å². The van der Waals surface area contributed by atoms with E-state index in [1.807, 2.05) is 23.1 Å². The van der Waals surface area contributed by atoms with Gasteiger partial charge in [-0.1, -0.05) is 43.4 Å². The Labute approximate surface area is 168 Å². The molecule has 28 heavy (non-hydrogen) atoms. The Kier molecular flexibility index (Phi) is 4.96. The molecular formula is C20H21ClN4O3. The van der Waals surface area contributed by atoms with Gasteiger partial charge in [0.25, 0.3) is 0 Å². The molecule has 146 valence electrons. The SMILES string of the molecule is COC(=O)C(C)(O)C#Cc1ccc2c(c1)N(c1nc(N)ncc1Cl)CC2(C)C. The molecule has 0 amide bonds. The first-order valence-electron chi connectivity index (χ1n) is 8.59. The molecule has 0 radical (unpaired) electrons. The number of nitrogen functional groups attached to an aromatic ring is 1. The number of benzene rings is 1. The van der Waals surface area contributed by atoms with E-state index in [1.54, 1.807) is 0 Å². The van der Waals surface area contributed by atoms with Crippen LogP contribution in [0.2, 0.25) is 5.02 Å². The Morgan fingerprint density at radius 1 is 1.46 bits per heavy atom. The van der Waals surface area contributed by atoms with E-state index in [2.05, 4.69) is 40.4 Å². The minimum Gasteiger partial charge on any atom is -0.466 e. The summed E-state index contributed by atoms with van der Waals surface area (Å²) in [6.45, 7) is 6.18. The van der Waals surface area contributed by atoms with Crippen molar-refractivity contribution in [1.82, 2.24) is 9.97 Å². The van der Waals surface area contributed by atoms with Gasteiger partial charge < -0.3 is 20.5 Å². The number of aliphatic hydroxyl groups is 1. The van der Waals surface area contributed by atoms with Gasteiger partial charge in [-0.05, 0) is 24.6 Å². The van der Waals surface area contributed by atoms with E-state index in [9.17, 15) is 9.90 Å². The quantitative estimate of drug-likeness (QED) is 0.589. The average Bonchev–Trinajstić information content (AvgIpc) is 2.92. The van der Waals surface area contributed by atoms with E-state index in [0.717, 1.165) is 11.3 Å². The molecule has 2 heterocycles. The molecule has 3 N–H and O–H groups in total. The van der Waals surface area contributed by atoms with Gasteiger partial charge in [-0.3, -0.25) is 0 Å². The molecule has 2 aromatic rings. The van der Waals surface area contributed by atoms with Crippen molar-refractivity contribution in [3.8, 4) is 11.8 Å². The van der Waals surface area contributed by atoms with Crippen molar-refractivity contribution >= 4 is 35.0 Å². The maximum Gasteiger partial charge on any atom is 0.350 e. The van der Waals surface area contributed by atoms with Gasteiger partial charge in [-0.25, -0.2) is 9.78 Å². The summed E-state index contributed by atoms with van der Waals surface area (Å²) in [7, 11) is 1.20. The Balaban J connectivity index is 2.06. The standard InChI is InChI=1S/C20H21ClN4O3/c1-19(2)11-25(16-14(21)10-23-18(22)24-16)15-9-12(5-6-13(15)19)7-8-20(3,27)17(26)28-4/h5-6,9-10,27H,11H2,1-4H3,(H2,22,23,24). The number of methoxy groups -OCH3 is 1. The summed E-state index contributed by atoms with van der Waals surface area (Å²) < 4.78 is 4.56. The van der Waals surface area contributed by atoms with Gasteiger partial charge in [-0.2, -0.15) is 4.98 Å². The van der Waals surface area contributed by atoms with Crippen molar-refractivity contribution in [2.45, 2.75) is 31.8 Å². The number of ether oxygens (including phenoxy) is 1. The zero-order valence-electron chi connectivity index (χ0n) is 16.1. The van der Waals surface area contributed by atoms with E-state index >= 15 is 0 Å². The van der Waals surface area contributed by atoms with Crippen molar-refractivity contribution < 1.29 is 14.6 Å².